The summed E-state index contributed by atoms with van der Waals surface area (Å²) < 4.78 is 26.9. The van der Waals surface area contributed by atoms with E-state index < -0.39 is 14.9 Å². The fraction of sp³-hybridized carbons (Fsp3) is 0.154. The number of hydrogen-bond acceptors (Lipinski definition) is 5. The molecule has 0 spiro atoms. The van der Waals surface area contributed by atoms with Crippen LogP contribution in [0.2, 0.25) is 0 Å². The van der Waals surface area contributed by atoms with Gasteiger partial charge in [0.1, 0.15) is 5.82 Å². The molecular weight excluding hydrogens is 294 g/mol. The van der Waals surface area contributed by atoms with E-state index in [9.17, 15) is 18.5 Å². The van der Waals surface area contributed by atoms with E-state index in [1.165, 1.54) is 19.1 Å². The van der Waals surface area contributed by atoms with Crippen LogP contribution in [0.15, 0.2) is 41.4 Å². The SMILES string of the molecule is Cc1ccc(NS(=O)(=O)c2ccc([N+](=O)[O-])cc2C)nc1. The molecule has 1 aromatic carbocycles. The number of pyridine rings is 1. The lowest BCUT2D eigenvalue weighted by Crippen LogP contribution is -2.15. The second-order valence-electron chi connectivity index (χ2n) is 4.53. The van der Waals surface area contributed by atoms with Crippen LogP contribution in [0.3, 0.4) is 0 Å². The Morgan fingerprint density at radius 1 is 1.19 bits per heavy atom. The number of nitrogens with zero attached hydrogens (tertiary/aromatic N) is 2. The van der Waals surface area contributed by atoms with E-state index in [2.05, 4.69) is 9.71 Å². The third-order valence-electron chi connectivity index (χ3n) is 2.81. The highest BCUT2D eigenvalue weighted by Gasteiger charge is 2.19. The molecule has 0 saturated carbocycles. The number of benzene rings is 1. The van der Waals surface area contributed by atoms with Gasteiger partial charge in [-0.1, -0.05) is 6.07 Å². The number of nitrogens with one attached hydrogen (secondary N) is 1. The Morgan fingerprint density at radius 2 is 1.90 bits per heavy atom. The van der Waals surface area contributed by atoms with Crippen molar-refractivity contribution in [3.8, 4) is 0 Å². The van der Waals surface area contributed by atoms with Gasteiger partial charge in [-0.05, 0) is 37.1 Å². The second-order valence-corrected chi connectivity index (χ2v) is 6.18. The molecule has 0 aliphatic rings. The Balaban J connectivity index is 2.35. The van der Waals surface area contributed by atoms with E-state index in [-0.39, 0.29) is 16.4 Å². The van der Waals surface area contributed by atoms with Crippen LogP contribution < -0.4 is 4.72 Å². The molecule has 1 heterocycles. The lowest BCUT2D eigenvalue weighted by molar-refractivity contribution is -0.385. The average Bonchev–Trinajstić information content (AvgIpc) is 2.40. The minimum atomic E-state index is -3.83. The molecule has 1 aromatic heterocycles. The van der Waals surface area contributed by atoms with E-state index in [1.807, 2.05) is 6.92 Å². The van der Waals surface area contributed by atoms with Crippen LogP contribution in [-0.2, 0) is 10.0 Å². The Hall–Kier alpha value is -2.48. The maximum Gasteiger partial charge on any atom is 0.269 e. The molecule has 2 aromatic rings. The molecule has 110 valence electrons. The Kier molecular flexibility index (Phi) is 3.90. The van der Waals surface area contributed by atoms with E-state index in [4.69, 9.17) is 0 Å². The first-order valence-electron chi connectivity index (χ1n) is 6.00. The number of anilines is 1. The van der Waals surface area contributed by atoms with Gasteiger partial charge in [0.05, 0.1) is 9.82 Å². The van der Waals surface area contributed by atoms with Gasteiger partial charge in [0.2, 0.25) is 0 Å². The maximum atomic E-state index is 12.3. The number of sulfonamides is 1. The van der Waals surface area contributed by atoms with Crippen molar-refractivity contribution in [3.63, 3.8) is 0 Å². The Morgan fingerprint density at radius 3 is 2.43 bits per heavy atom. The lowest BCUT2D eigenvalue weighted by Gasteiger charge is -2.09. The lowest BCUT2D eigenvalue weighted by atomic mass is 10.2. The second kappa shape index (κ2) is 5.49. The number of rotatable bonds is 4. The summed E-state index contributed by atoms with van der Waals surface area (Å²) in [7, 11) is -3.83. The maximum absolute atomic E-state index is 12.3. The van der Waals surface area contributed by atoms with Crippen LogP contribution in [-0.4, -0.2) is 18.3 Å². The molecule has 0 unspecified atom stereocenters. The zero-order valence-corrected chi connectivity index (χ0v) is 12.2. The molecule has 0 aliphatic heterocycles. The number of nitro benzene ring substituents is 1. The molecular formula is C13H13N3O4S. The molecule has 0 radical (unpaired) electrons. The molecule has 7 nitrogen and oxygen atoms in total. The molecule has 0 saturated heterocycles. The highest BCUT2D eigenvalue weighted by molar-refractivity contribution is 7.92. The number of hydrogen-bond donors (Lipinski definition) is 1. The minimum Gasteiger partial charge on any atom is -0.263 e. The minimum absolute atomic E-state index is 0.0181. The van der Waals surface area contributed by atoms with Gasteiger partial charge in [-0.15, -0.1) is 0 Å². The van der Waals surface area contributed by atoms with Crippen molar-refractivity contribution in [2.45, 2.75) is 18.7 Å². The topological polar surface area (TPSA) is 102 Å². The number of nitro groups is 1. The first-order chi connectivity index (χ1) is 9.79. The number of aromatic nitrogens is 1. The van der Waals surface area contributed by atoms with E-state index in [0.29, 0.717) is 5.56 Å². The first-order valence-corrected chi connectivity index (χ1v) is 7.48. The molecule has 21 heavy (non-hydrogen) atoms. The first kappa shape index (κ1) is 14.9. The van der Waals surface area contributed by atoms with Crippen molar-refractivity contribution in [2.24, 2.45) is 0 Å². The quantitative estimate of drug-likeness (QED) is 0.690. The summed E-state index contributed by atoms with van der Waals surface area (Å²) in [6, 6.07) is 6.87. The number of non-ortho nitro benzene ring substituents is 1. The van der Waals surface area contributed by atoms with Gasteiger partial charge in [0.25, 0.3) is 15.7 Å². The van der Waals surface area contributed by atoms with Crippen LogP contribution in [0.5, 0.6) is 0 Å². The van der Waals surface area contributed by atoms with Crippen LogP contribution in [0.1, 0.15) is 11.1 Å². The molecule has 0 aliphatic carbocycles. The normalized spacial score (nSPS) is 11.1. The fourth-order valence-corrected chi connectivity index (χ4v) is 3.01. The van der Waals surface area contributed by atoms with Crippen molar-refractivity contribution >= 4 is 21.5 Å². The summed E-state index contributed by atoms with van der Waals surface area (Å²) in [5.74, 6) is 0.193. The predicted octanol–water partition coefficient (Wildman–Crippen LogP) is 2.41. The standard InChI is InChI=1S/C13H13N3O4S/c1-9-3-6-13(14-8-9)15-21(19,20)12-5-4-11(16(17)18)7-10(12)2/h3-8H,1-2H3,(H,14,15). The molecule has 0 amide bonds. The van der Waals surface area contributed by atoms with Crippen molar-refractivity contribution in [3.05, 3.63) is 57.8 Å². The van der Waals surface area contributed by atoms with Gasteiger partial charge >= 0.3 is 0 Å². The van der Waals surface area contributed by atoms with E-state index >= 15 is 0 Å². The highest BCUT2D eigenvalue weighted by atomic mass is 32.2. The zero-order valence-electron chi connectivity index (χ0n) is 11.4. The van der Waals surface area contributed by atoms with Crippen LogP contribution in [0.25, 0.3) is 0 Å². The van der Waals surface area contributed by atoms with Crippen molar-refractivity contribution in [2.75, 3.05) is 4.72 Å². The summed E-state index contributed by atoms with van der Waals surface area (Å²) in [6.07, 6.45) is 1.54. The smallest absolute Gasteiger partial charge is 0.263 e. The molecule has 0 atom stereocenters. The van der Waals surface area contributed by atoms with E-state index in [0.717, 1.165) is 11.6 Å². The van der Waals surface area contributed by atoms with Crippen molar-refractivity contribution < 1.29 is 13.3 Å². The molecule has 2 rings (SSSR count). The van der Waals surface area contributed by atoms with Crippen LogP contribution >= 0.6 is 0 Å². The third kappa shape index (κ3) is 3.34. The number of aryl methyl sites for hydroxylation is 2. The van der Waals surface area contributed by atoms with Crippen LogP contribution in [0.4, 0.5) is 11.5 Å². The van der Waals surface area contributed by atoms with E-state index in [1.54, 1.807) is 18.3 Å². The average molecular weight is 307 g/mol. The Bertz CT molecular complexity index is 786. The summed E-state index contributed by atoms with van der Waals surface area (Å²) >= 11 is 0. The predicted molar refractivity (Wildman–Crippen MR) is 77.6 cm³/mol. The van der Waals surface area contributed by atoms with Crippen molar-refractivity contribution in [1.82, 2.24) is 4.98 Å². The third-order valence-corrected chi connectivity index (χ3v) is 4.32. The molecule has 1 N–H and O–H groups in total. The van der Waals surface area contributed by atoms with Gasteiger partial charge in [-0.3, -0.25) is 14.8 Å². The molecule has 8 heteroatoms. The van der Waals surface area contributed by atoms with Gasteiger partial charge in [0, 0.05) is 18.3 Å². The van der Waals surface area contributed by atoms with Crippen molar-refractivity contribution in [1.29, 1.82) is 0 Å². The zero-order chi connectivity index (χ0) is 15.6. The summed E-state index contributed by atoms with van der Waals surface area (Å²) in [5, 5.41) is 10.7. The van der Waals surface area contributed by atoms with Crippen LogP contribution in [0, 0.1) is 24.0 Å². The monoisotopic (exact) mass is 307 g/mol. The van der Waals surface area contributed by atoms with Gasteiger partial charge in [0.15, 0.2) is 0 Å². The van der Waals surface area contributed by atoms with Gasteiger partial charge in [-0.25, -0.2) is 13.4 Å². The Labute approximate surface area is 121 Å². The van der Waals surface area contributed by atoms with Gasteiger partial charge in [-0.2, -0.15) is 0 Å². The molecule has 0 fully saturated rings. The summed E-state index contributed by atoms with van der Waals surface area (Å²) in [4.78, 5) is 14.0. The summed E-state index contributed by atoms with van der Waals surface area (Å²) in [5.41, 5.74) is 1.05. The highest BCUT2D eigenvalue weighted by Crippen LogP contribution is 2.22. The largest absolute Gasteiger partial charge is 0.269 e. The summed E-state index contributed by atoms with van der Waals surface area (Å²) in [6.45, 7) is 3.34. The fourth-order valence-electron chi connectivity index (χ4n) is 1.77. The van der Waals surface area contributed by atoms with Gasteiger partial charge < -0.3 is 0 Å². The molecule has 0 bridgehead atoms.